The van der Waals surface area contributed by atoms with Crippen molar-refractivity contribution in [3.05, 3.63) is 34.3 Å². The molecule has 0 aliphatic carbocycles. The molecule has 2 rings (SSSR count). The number of nitrogens with one attached hydrogen (secondary N) is 1. The van der Waals surface area contributed by atoms with Gasteiger partial charge in [0.15, 0.2) is 11.4 Å². The zero-order chi connectivity index (χ0) is 14.0. The molecule has 2 nitrogen and oxygen atoms in total. The van der Waals surface area contributed by atoms with Gasteiger partial charge in [0.2, 0.25) is 0 Å². The van der Waals surface area contributed by atoms with Gasteiger partial charge in [-0.25, -0.2) is 4.39 Å². The van der Waals surface area contributed by atoms with E-state index in [0.717, 1.165) is 29.7 Å². The van der Waals surface area contributed by atoms with Crippen LogP contribution in [0.25, 0.3) is 11.0 Å². The molecule has 0 aliphatic heterocycles. The third kappa shape index (κ3) is 2.93. The van der Waals surface area contributed by atoms with Crippen molar-refractivity contribution >= 4 is 22.6 Å². The van der Waals surface area contributed by atoms with Crippen LogP contribution >= 0.6 is 11.6 Å². The zero-order valence-corrected chi connectivity index (χ0v) is 12.3. The molecule has 19 heavy (non-hydrogen) atoms. The average Bonchev–Trinajstić information content (AvgIpc) is 2.70. The van der Waals surface area contributed by atoms with Crippen LogP contribution in [0, 0.1) is 11.7 Å². The Labute approximate surface area is 117 Å². The molecule has 0 bridgehead atoms. The Morgan fingerprint density at radius 2 is 2.11 bits per heavy atom. The Bertz CT molecular complexity index is 577. The van der Waals surface area contributed by atoms with E-state index in [-0.39, 0.29) is 10.6 Å². The van der Waals surface area contributed by atoms with E-state index in [0.29, 0.717) is 12.5 Å². The summed E-state index contributed by atoms with van der Waals surface area (Å²) in [5.74, 6) is 0.832. The van der Waals surface area contributed by atoms with Crippen LogP contribution in [0.3, 0.4) is 0 Å². The fraction of sp³-hybridized carbons (Fsp3) is 0.467. The second-order valence-electron chi connectivity index (χ2n) is 5.12. The van der Waals surface area contributed by atoms with Crippen LogP contribution in [0.1, 0.15) is 32.1 Å². The monoisotopic (exact) mass is 283 g/mol. The maximum Gasteiger partial charge on any atom is 0.184 e. The molecule has 4 heteroatoms. The molecule has 0 radical (unpaired) electrons. The van der Waals surface area contributed by atoms with Gasteiger partial charge in [0.1, 0.15) is 5.76 Å². The minimum atomic E-state index is -0.466. The van der Waals surface area contributed by atoms with Crippen molar-refractivity contribution in [1.82, 2.24) is 5.32 Å². The van der Waals surface area contributed by atoms with Crippen molar-refractivity contribution in [1.29, 1.82) is 0 Å². The first kappa shape index (κ1) is 14.4. The van der Waals surface area contributed by atoms with Gasteiger partial charge in [-0.15, -0.1) is 0 Å². The molecule has 104 valence electrons. The van der Waals surface area contributed by atoms with E-state index in [1.165, 1.54) is 0 Å². The Morgan fingerprint density at radius 1 is 1.37 bits per heavy atom. The predicted molar refractivity (Wildman–Crippen MR) is 77.1 cm³/mol. The number of benzene rings is 1. The zero-order valence-electron chi connectivity index (χ0n) is 11.5. The largest absolute Gasteiger partial charge is 0.456 e. The number of hydrogen-bond donors (Lipinski definition) is 1. The van der Waals surface area contributed by atoms with E-state index in [4.69, 9.17) is 16.0 Å². The maximum atomic E-state index is 14.0. The number of rotatable bonds is 5. The summed E-state index contributed by atoms with van der Waals surface area (Å²) in [4.78, 5) is 0. The minimum absolute atomic E-state index is 0.104. The van der Waals surface area contributed by atoms with Crippen molar-refractivity contribution in [3.8, 4) is 0 Å². The van der Waals surface area contributed by atoms with E-state index in [2.05, 4.69) is 19.2 Å². The standard InChI is InChI=1S/C15H19ClFNO/c1-4-18-8-13-11(7-9(2)3)10-5-6-12(16)14(17)15(10)19-13/h5-6,9,18H,4,7-8H2,1-3H3. The lowest BCUT2D eigenvalue weighted by Crippen LogP contribution is -2.12. The van der Waals surface area contributed by atoms with Crippen molar-refractivity contribution in [2.45, 2.75) is 33.7 Å². The van der Waals surface area contributed by atoms with Gasteiger partial charge < -0.3 is 9.73 Å². The molecule has 1 heterocycles. The van der Waals surface area contributed by atoms with Crippen molar-refractivity contribution in [2.24, 2.45) is 5.92 Å². The molecule has 1 N–H and O–H groups in total. The lowest BCUT2D eigenvalue weighted by molar-refractivity contribution is 0.490. The molecule has 0 saturated heterocycles. The SMILES string of the molecule is CCNCc1oc2c(F)c(Cl)ccc2c1CC(C)C. The molecular weight excluding hydrogens is 265 g/mol. The highest BCUT2D eigenvalue weighted by atomic mass is 35.5. The number of fused-ring (bicyclic) bond motifs is 1. The van der Waals surface area contributed by atoms with Crippen molar-refractivity contribution < 1.29 is 8.81 Å². The number of halogens is 2. The van der Waals surface area contributed by atoms with Crippen molar-refractivity contribution in [3.63, 3.8) is 0 Å². The van der Waals surface area contributed by atoms with Gasteiger partial charge in [-0.05, 0) is 31.0 Å². The van der Waals surface area contributed by atoms with Gasteiger partial charge >= 0.3 is 0 Å². The van der Waals surface area contributed by atoms with Crippen molar-refractivity contribution in [2.75, 3.05) is 6.54 Å². The summed E-state index contributed by atoms with van der Waals surface area (Å²) in [5, 5.41) is 4.16. The van der Waals surface area contributed by atoms with E-state index in [9.17, 15) is 4.39 Å². The van der Waals surface area contributed by atoms with E-state index < -0.39 is 5.82 Å². The Hall–Kier alpha value is -1.06. The highest BCUT2D eigenvalue weighted by molar-refractivity contribution is 6.31. The summed E-state index contributed by atoms with van der Waals surface area (Å²) < 4.78 is 19.7. The normalized spacial score (nSPS) is 11.7. The lowest BCUT2D eigenvalue weighted by atomic mass is 9.99. The third-order valence-corrected chi connectivity index (χ3v) is 3.38. The fourth-order valence-corrected chi connectivity index (χ4v) is 2.37. The molecule has 0 fully saturated rings. The maximum absolute atomic E-state index is 14.0. The second kappa shape index (κ2) is 5.93. The quantitative estimate of drug-likeness (QED) is 0.872. The molecular formula is C15H19ClFNO. The van der Waals surface area contributed by atoms with Gasteiger partial charge in [0.25, 0.3) is 0 Å². The molecule has 2 aromatic rings. The lowest BCUT2D eigenvalue weighted by Gasteiger charge is -2.06. The average molecular weight is 284 g/mol. The van der Waals surface area contributed by atoms with Crippen LogP contribution in [0.4, 0.5) is 4.39 Å². The van der Waals surface area contributed by atoms with Crippen LogP contribution in [-0.4, -0.2) is 6.54 Å². The number of furan rings is 1. The fourth-order valence-electron chi connectivity index (χ4n) is 2.22. The van der Waals surface area contributed by atoms with Gasteiger partial charge in [-0.1, -0.05) is 32.4 Å². The molecule has 0 spiro atoms. The van der Waals surface area contributed by atoms with Crippen LogP contribution in [0.2, 0.25) is 5.02 Å². The third-order valence-electron chi connectivity index (χ3n) is 3.08. The predicted octanol–water partition coefficient (Wildman–Crippen LogP) is 4.53. The topological polar surface area (TPSA) is 25.2 Å². The highest BCUT2D eigenvalue weighted by Gasteiger charge is 2.19. The first-order chi connectivity index (χ1) is 9.04. The summed E-state index contributed by atoms with van der Waals surface area (Å²) in [6.45, 7) is 7.78. The van der Waals surface area contributed by atoms with Crippen LogP contribution < -0.4 is 5.32 Å². The number of hydrogen-bond acceptors (Lipinski definition) is 2. The van der Waals surface area contributed by atoms with E-state index in [1.54, 1.807) is 6.07 Å². The Balaban J connectivity index is 2.55. The van der Waals surface area contributed by atoms with Gasteiger partial charge in [-0.2, -0.15) is 0 Å². The minimum Gasteiger partial charge on any atom is -0.456 e. The van der Waals surface area contributed by atoms with Crippen LogP contribution in [-0.2, 0) is 13.0 Å². The Kier molecular flexibility index (Phi) is 4.48. The molecule has 0 atom stereocenters. The van der Waals surface area contributed by atoms with Gasteiger partial charge in [0, 0.05) is 10.9 Å². The van der Waals surface area contributed by atoms with E-state index >= 15 is 0 Å². The van der Waals surface area contributed by atoms with Gasteiger partial charge in [0.05, 0.1) is 11.6 Å². The molecule has 0 amide bonds. The second-order valence-corrected chi connectivity index (χ2v) is 5.53. The molecule has 0 unspecified atom stereocenters. The first-order valence-corrected chi connectivity index (χ1v) is 7.01. The highest BCUT2D eigenvalue weighted by Crippen LogP contribution is 2.32. The summed E-state index contributed by atoms with van der Waals surface area (Å²) in [5.41, 5.74) is 1.36. The summed E-state index contributed by atoms with van der Waals surface area (Å²) >= 11 is 5.81. The molecule has 1 aromatic carbocycles. The Morgan fingerprint density at radius 3 is 2.74 bits per heavy atom. The summed E-state index contributed by atoms with van der Waals surface area (Å²) in [6.07, 6.45) is 0.870. The van der Waals surface area contributed by atoms with Crippen LogP contribution in [0.5, 0.6) is 0 Å². The summed E-state index contributed by atoms with van der Waals surface area (Å²) in [7, 11) is 0. The molecule has 1 aromatic heterocycles. The van der Waals surface area contributed by atoms with Gasteiger partial charge in [-0.3, -0.25) is 0 Å². The summed E-state index contributed by atoms with van der Waals surface area (Å²) in [6, 6.07) is 3.44. The molecule has 0 aliphatic rings. The van der Waals surface area contributed by atoms with E-state index in [1.807, 2.05) is 13.0 Å². The van der Waals surface area contributed by atoms with Crippen LogP contribution in [0.15, 0.2) is 16.5 Å². The molecule has 0 saturated carbocycles. The first-order valence-electron chi connectivity index (χ1n) is 6.63. The smallest absolute Gasteiger partial charge is 0.184 e.